The van der Waals surface area contributed by atoms with E-state index in [1.165, 1.54) is 16.9 Å². The fraction of sp³-hybridized carbons (Fsp3) is 0.450. The van der Waals surface area contributed by atoms with Crippen molar-refractivity contribution in [2.45, 2.75) is 25.9 Å². The number of nitrogens with zero attached hydrogens (tertiary/aromatic N) is 1. The lowest BCUT2D eigenvalue weighted by Gasteiger charge is -2.38. The number of hydrogen-bond donors (Lipinski definition) is 0. The predicted octanol–water partition coefficient (Wildman–Crippen LogP) is 3.87. The monoisotopic (exact) mass is 359 g/mol. The van der Waals surface area contributed by atoms with Crippen molar-refractivity contribution in [3.63, 3.8) is 0 Å². The third-order valence-electron chi connectivity index (χ3n) is 4.72. The minimum atomic E-state index is 0.0751. The molecule has 2 atom stereocenters. The van der Waals surface area contributed by atoms with Crippen LogP contribution in [-0.2, 0) is 11.2 Å². The van der Waals surface area contributed by atoms with Crippen LogP contribution >= 0.6 is 11.3 Å². The highest BCUT2D eigenvalue weighted by Gasteiger charge is 2.33. The molecular weight excluding hydrogens is 334 g/mol. The molecule has 1 aliphatic heterocycles. The standard InChI is InChI=1S/C20H25NO3S/c1-3-24-18-10-12-25-19(18)20(22)21-11-9-17(23-2)16(14-21)13-15-7-5-4-6-8-15/h4-8,10,12,16-17H,3,9,11,13-14H2,1-2H3/t16-,17+/m0/s1. The van der Waals surface area contributed by atoms with Crippen LogP contribution in [0, 0.1) is 5.92 Å². The van der Waals surface area contributed by atoms with E-state index in [1.807, 2.05) is 29.3 Å². The van der Waals surface area contributed by atoms with E-state index in [1.54, 1.807) is 7.11 Å². The van der Waals surface area contributed by atoms with Crippen molar-refractivity contribution in [3.05, 3.63) is 52.2 Å². The lowest BCUT2D eigenvalue weighted by Crippen LogP contribution is -2.47. The van der Waals surface area contributed by atoms with Gasteiger partial charge in [0.2, 0.25) is 0 Å². The third kappa shape index (κ3) is 4.22. The van der Waals surface area contributed by atoms with E-state index >= 15 is 0 Å². The summed E-state index contributed by atoms with van der Waals surface area (Å²) in [7, 11) is 1.77. The Morgan fingerprint density at radius 3 is 2.80 bits per heavy atom. The van der Waals surface area contributed by atoms with Gasteiger partial charge >= 0.3 is 0 Å². The van der Waals surface area contributed by atoms with Gasteiger partial charge in [-0.15, -0.1) is 11.3 Å². The lowest BCUT2D eigenvalue weighted by atomic mass is 9.88. The molecule has 1 fully saturated rings. The van der Waals surface area contributed by atoms with Gasteiger partial charge in [-0.1, -0.05) is 30.3 Å². The molecule has 134 valence electrons. The number of likely N-dealkylation sites (tertiary alicyclic amines) is 1. The number of hydrogen-bond acceptors (Lipinski definition) is 4. The number of carbonyl (C=O) groups is 1. The van der Waals surface area contributed by atoms with Crippen molar-refractivity contribution >= 4 is 17.2 Å². The normalized spacial score (nSPS) is 20.5. The summed E-state index contributed by atoms with van der Waals surface area (Å²) in [6, 6.07) is 12.3. The zero-order chi connectivity index (χ0) is 17.6. The van der Waals surface area contributed by atoms with Crippen molar-refractivity contribution in [3.8, 4) is 5.75 Å². The fourth-order valence-corrected chi connectivity index (χ4v) is 4.29. The van der Waals surface area contributed by atoms with Crippen molar-refractivity contribution in [2.24, 2.45) is 5.92 Å². The van der Waals surface area contributed by atoms with Crippen LogP contribution in [0.3, 0.4) is 0 Å². The van der Waals surface area contributed by atoms with Crippen molar-refractivity contribution in [2.75, 3.05) is 26.8 Å². The summed E-state index contributed by atoms with van der Waals surface area (Å²) in [5, 5.41) is 1.92. The van der Waals surface area contributed by atoms with Crippen molar-refractivity contribution in [1.29, 1.82) is 0 Å². The van der Waals surface area contributed by atoms with Gasteiger partial charge in [-0.3, -0.25) is 4.79 Å². The van der Waals surface area contributed by atoms with Crippen LogP contribution in [0.1, 0.15) is 28.6 Å². The minimum Gasteiger partial charge on any atom is -0.492 e. The maximum atomic E-state index is 13.0. The summed E-state index contributed by atoms with van der Waals surface area (Å²) in [6.07, 6.45) is 1.99. The molecule has 25 heavy (non-hydrogen) atoms. The second-order valence-electron chi connectivity index (χ2n) is 6.31. The third-order valence-corrected chi connectivity index (χ3v) is 5.60. The topological polar surface area (TPSA) is 38.8 Å². The Hall–Kier alpha value is -1.85. The summed E-state index contributed by atoms with van der Waals surface area (Å²) in [5.41, 5.74) is 1.29. The summed E-state index contributed by atoms with van der Waals surface area (Å²) < 4.78 is 11.3. The first kappa shape index (κ1) is 18.0. The molecule has 0 saturated carbocycles. The molecule has 1 saturated heterocycles. The number of carbonyl (C=O) groups excluding carboxylic acids is 1. The van der Waals surface area contributed by atoms with Gasteiger partial charge in [-0.2, -0.15) is 0 Å². The predicted molar refractivity (Wildman–Crippen MR) is 100 cm³/mol. The zero-order valence-corrected chi connectivity index (χ0v) is 15.6. The van der Waals surface area contributed by atoms with Crippen LogP contribution in [0.25, 0.3) is 0 Å². The Labute approximate surface area is 153 Å². The summed E-state index contributed by atoms with van der Waals surface area (Å²) in [4.78, 5) is 15.6. The Balaban J connectivity index is 1.72. The Bertz CT molecular complexity index is 685. The highest BCUT2D eigenvalue weighted by Crippen LogP contribution is 2.30. The van der Waals surface area contributed by atoms with Crippen LogP contribution in [0.4, 0.5) is 0 Å². The smallest absolute Gasteiger partial charge is 0.267 e. The largest absolute Gasteiger partial charge is 0.492 e. The average molecular weight is 359 g/mol. The molecule has 5 heteroatoms. The van der Waals surface area contributed by atoms with Crippen molar-refractivity contribution in [1.82, 2.24) is 4.90 Å². The van der Waals surface area contributed by atoms with E-state index in [0.29, 0.717) is 23.2 Å². The highest BCUT2D eigenvalue weighted by atomic mass is 32.1. The van der Waals surface area contributed by atoms with Gasteiger partial charge < -0.3 is 14.4 Å². The summed E-state index contributed by atoms with van der Waals surface area (Å²) >= 11 is 1.46. The van der Waals surface area contributed by atoms with E-state index in [4.69, 9.17) is 9.47 Å². The first-order chi connectivity index (χ1) is 12.2. The van der Waals surface area contributed by atoms with E-state index in [9.17, 15) is 4.79 Å². The van der Waals surface area contributed by atoms with Crippen molar-refractivity contribution < 1.29 is 14.3 Å². The fourth-order valence-electron chi connectivity index (χ4n) is 3.48. The molecule has 0 bridgehead atoms. The molecule has 0 N–H and O–H groups in total. The highest BCUT2D eigenvalue weighted by molar-refractivity contribution is 7.12. The van der Waals surface area contributed by atoms with E-state index in [-0.39, 0.29) is 12.0 Å². The van der Waals surface area contributed by atoms with Gasteiger partial charge in [0.15, 0.2) is 0 Å². The van der Waals surface area contributed by atoms with Crippen LogP contribution in [0.15, 0.2) is 41.8 Å². The first-order valence-corrected chi connectivity index (χ1v) is 9.67. The molecule has 1 aliphatic rings. The number of methoxy groups -OCH3 is 1. The Morgan fingerprint density at radius 1 is 1.28 bits per heavy atom. The first-order valence-electron chi connectivity index (χ1n) is 8.79. The molecule has 0 radical (unpaired) electrons. The maximum absolute atomic E-state index is 13.0. The molecule has 4 nitrogen and oxygen atoms in total. The molecule has 0 aliphatic carbocycles. The molecule has 2 heterocycles. The number of thiophene rings is 1. The number of piperidine rings is 1. The number of ether oxygens (including phenoxy) is 2. The van der Waals surface area contributed by atoms with E-state index in [0.717, 1.165) is 25.9 Å². The second-order valence-corrected chi connectivity index (χ2v) is 7.23. The Kier molecular flexibility index (Phi) is 6.10. The van der Waals surface area contributed by atoms with Gasteiger partial charge in [-0.05, 0) is 36.8 Å². The quantitative estimate of drug-likeness (QED) is 0.786. The van der Waals surface area contributed by atoms with Crippen LogP contribution in [0.5, 0.6) is 5.75 Å². The van der Waals surface area contributed by atoms with Crippen LogP contribution in [0.2, 0.25) is 0 Å². The zero-order valence-electron chi connectivity index (χ0n) is 14.8. The molecule has 1 aromatic heterocycles. The van der Waals surface area contributed by atoms with Gasteiger partial charge in [0.1, 0.15) is 10.6 Å². The Morgan fingerprint density at radius 2 is 2.08 bits per heavy atom. The van der Waals surface area contributed by atoms with E-state index < -0.39 is 0 Å². The second kappa shape index (κ2) is 8.50. The van der Waals surface area contributed by atoms with Gasteiger partial charge in [0, 0.05) is 26.1 Å². The SMILES string of the molecule is CCOc1ccsc1C(=O)N1CC[C@@H](OC)[C@@H](Cc2ccccc2)C1. The molecule has 1 amide bonds. The molecule has 0 spiro atoms. The number of benzene rings is 1. The van der Waals surface area contributed by atoms with Gasteiger partial charge in [-0.25, -0.2) is 0 Å². The maximum Gasteiger partial charge on any atom is 0.267 e. The number of rotatable bonds is 6. The van der Waals surface area contributed by atoms with Crippen LogP contribution in [-0.4, -0.2) is 43.7 Å². The van der Waals surface area contributed by atoms with E-state index in [2.05, 4.69) is 24.3 Å². The lowest BCUT2D eigenvalue weighted by molar-refractivity contribution is -0.00292. The van der Waals surface area contributed by atoms with Crippen LogP contribution < -0.4 is 4.74 Å². The summed E-state index contributed by atoms with van der Waals surface area (Å²) in [6.45, 7) is 3.95. The molecule has 1 aromatic carbocycles. The molecule has 0 unspecified atom stereocenters. The van der Waals surface area contributed by atoms with Gasteiger partial charge in [0.05, 0.1) is 12.7 Å². The molecule has 3 rings (SSSR count). The van der Waals surface area contributed by atoms with Gasteiger partial charge in [0.25, 0.3) is 5.91 Å². The molecular formula is C20H25NO3S. The minimum absolute atomic E-state index is 0.0751. The average Bonchev–Trinajstić information content (AvgIpc) is 3.10. The number of amides is 1. The summed E-state index contributed by atoms with van der Waals surface area (Å²) in [5.74, 6) is 1.08. The molecule has 2 aromatic rings.